The lowest BCUT2D eigenvalue weighted by molar-refractivity contribution is -0.137. The summed E-state index contributed by atoms with van der Waals surface area (Å²) >= 11 is 0. The van der Waals surface area contributed by atoms with Gasteiger partial charge >= 0.3 is 6.18 Å². The Bertz CT molecular complexity index is 739. The van der Waals surface area contributed by atoms with Crippen LogP contribution in [0.15, 0.2) is 48.5 Å². The minimum atomic E-state index is -4.37. The van der Waals surface area contributed by atoms with E-state index in [1.54, 1.807) is 12.1 Å². The van der Waals surface area contributed by atoms with Gasteiger partial charge in [-0.2, -0.15) is 21.6 Å². The van der Waals surface area contributed by atoms with Crippen LogP contribution in [0.4, 0.5) is 18.9 Å². The Balaban J connectivity index is 2.20. The molecule has 0 bridgehead atoms. The zero-order valence-electron chi connectivity index (χ0n) is 11.5. The van der Waals surface area contributed by atoms with E-state index in [2.05, 4.69) is 9.44 Å². The molecule has 22 heavy (non-hydrogen) atoms. The summed E-state index contributed by atoms with van der Waals surface area (Å²) in [7, 11) is -2.32. The summed E-state index contributed by atoms with van der Waals surface area (Å²) in [6, 6.07) is 11.1. The third kappa shape index (κ3) is 3.99. The van der Waals surface area contributed by atoms with Gasteiger partial charge < -0.3 is 0 Å². The standard InChI is InChI=1S/C14H13F3N2O2S/c1-18-22(20,21)19-13-8-4-11(5-9-13)10-2-6-12(7-3-10)14(15,16)17/h2-9,18-19H,1H3. The van der Waals surface area contributed by atoms with Crippen molar-refractivity contribution in [2.45, 2.75) is 6.18 Å². The molecule has 0 aromatic heterocycles. The monoisotopic (exact) mass is 330 g/mol. The van der Waals surface area contributed by atoms with E-state index in [-0.39, 0.29) is 0 Å². The smallest absolute Gasteiger partial charge is 0.271 e. The molecule has 2 aromatic carbocycles. The Morgan fingerprint density at radius 2 is 1.32 bits per heavy atom. The van der Waals surface area contributed by atoms with E-state index in [1.807, 2.05) is 0 Å². The summed E-state index contributed by atoms with van der Waals surface area (Å²) in [6.45, 7) is 0. The van der Waals surface area contributed by atoms with Gasteiger partial charge in [-0.3, -0.25) is 4.72 Å². The molecule has 0 aliphatic heterocycles. The molecule has 0 fully saturated rings. The zero-order chi connectivity index (χ0) is 16.4. The number of anilines is 1. The topological polar surface area (TPSA) is 58.2 Å². The van der Waals surface area contributed by atoms with Gasteiger partial charge in [0.05, 0.1) is 5.56 Å². The fourth-order valence-corrected chi connectivity index (χ4v) is 2.34. The van der Waals surface area contributed by atoms with E-state index in [0.29, 0.717) is 16.8 Å². The fraction of sp³-hybridized carbons (Fsp3) is 0.143. The summed E-state index contributed by atoms with van der Waals surface area (Å²) < 4.78 is 64.5. The Labute approximate surface area is 126 Å². The summed E-state index contributed by atoms with van der Waals surface area (Å²) in [5.41, 5.74) is 0.928. The third-order valence-corrected chi connectivity index (χ3v) is 3.99. The highest BCUT2D eigenvalue weighted by Crippen LogP contribution is 2.31. The average Bonchev–Trinajstić information content (AvgIpc) is 2.47. The summed E-state index contributed by atoms with van der Waals surface area (Å²) in [4.78, 5) is 0. The second-order valence-corrected chi connectivity index (χ2v) is 6.08. The van der Waals surface area contributed by atoms with Crippen LogP contribution in [0.5, 0.6) is 0 Å². The summed E-state index contributed by atoms with van der Waals surface area (Å²) in [6.07, 6.45) is -4.37. The molecule has 4 nitrogen and oxygen atoms in total. The lowest BCUT2D eigenvalue weighted by Gasteiger charge is -2.09. The maximum Gasteiger partial charge on any atom is 0.416 e. The van der Waals surface area contributed by atoms with Crippen LogP contribution in [0.3, 0.4) is 0 Å². The maximum absolute atomic E-state index is 12.5. The predicted molar refractivity (Wildman–Crippen MR) is 78.5 cm³/mol. The van der Waals surface area contributed by atoms with Crippen LogP contribution in [-0.4, -0.2) is 15.5 Å². The van der Waals surface area contributed by atoms with Gasteiger partial charge in [-0.1, -0.05) is 24.3 Å². The molecule has 2 rings (SSSR count). The first-order chi connectivity index (χ1) is 10.2. The van der Waals surface area contributed by atoms with E-state index >= 15 is 0 Å². The van der Waals surface area contributed by atoms with Crippen LogP contribution in [0.25, 0.3) is 11.1 Å². The number of benzene rings is 2. The molecular weight excluding hydrogens is 317 g/mol. The van der Waals surface area contributed by atoms with Gasteiger partial charge in [0.15, 0.2) is 0 Å². The third-order valence-electron chi connectivity index (χ3n) is 2.95. The molecule has 0 saturated carbocycles. The molecule has 2 aromatic rings. The Kier molecular flexibility index (Phi) is 4.43. The first-order valence-electron chi connectivity index (χ1n) is 6.20. The Morgan fingerprint density at radius 3 is 1.73 bits per heavy atom. The van der Waals surface area contributed by atoms with Gasteiger partial charge in [-0.05, 0) is 35.4 Å². The van der Waals surface area contributed by atoms with Crippen LogP contribution in [-0.2, 0) is 16.4 Å². The number of hydrogen-bond acceptors (Lipinski definition) is 2. The number of nitrogens with one attached hydrogen (secondary N) is 2. The van der Waals surface area contributed by atoms with Gasteiger partial charge in [-0.15, -0.1) is 0 Å². The highest BCUT2D eigenvalue weighted by atomic mass is 32.2. The summed E-state index contributed by atoms with van der Waals surface area (Å²) in [5.74, 6) is 0. The largest absolute Gasteiger partial charge is 0.416 e. The van der Waals surface area contributed by atoms with E-state index in [0.717, 1.165) is 12.1 Å². The minimum Gasteiger partial charge on any atom is -0.271 e. The first kappa shape index (κ1) is 16.3. The Morgan fingerprint density at radius 1 is 0.864 bits per heavy atom. The first-order valence-corrected chi connectivity index (χ1v) is 7.68. The van der Waals surface area contributed by atoms with Crippen LogP contribution in [0.2, 0.25) is 0 Å². The van der Waals surface area contributed by atoms with Crippen molar-refractivity contribution in [3.8, 4) is 11.1 Å². The molecule has 0 unspecified atom stereocenters. The number of rotatable bonds is 4. The molecule has 8 heteroatoms. The second-order valence-electron chi connectivity index (χ2n) is 4.46. The molecule has 0 aliphatic carbocycles. The molecule has 2 N–H and O–H groups in total. The summed E-state index contributed by atoms with van der Waals surface area (Å²) in [5, 5.41) is 0. The van der Waals surface area contributed by atoms with Gasteiger partial charge in [0.25, 0.3) is 10.2 Å². The predicted octanol–water partition coefficient (Wildman–Crippen LogP) is 3.25. The quantitative estimate of drug-likeness (QED) is 0.904. The molecule has 0 spiro atoms. The van der Waals surface area contributed by atoms with Crippen LogP contribution in [0, 0.1) is 0 Å². The van der Waals surface area contributed by atoms with Crippen molar-refractivity contribution in [1.82, 2.24) is 4.72 Å². The van der Waals surface area contributed by atoms with E-state index < -0.39 is 21.9 Å². The van der Waals surface area contributed by atoms with Crippen LogP contribution >= 0.6 is 0 Å². The van der Waals surface area contributed by atoms with Crippen molar-refractivity contribution in [3.05, 3.63) is 54.1 Å². The zero-order valence-corrected chi connectivity index (χ0v) is 12.3. The average molecular weight is 330 g/mol. The molecule has 0 amide bonds. The van der Waals surface area contributed by atoms with Crippen molar-refractivity contribution >= 4 is 15.9 Å². The molecule has 118 valence electrons. The number of alkyl halides is 3. The van der Waals surface area contributed by atoms with E-state index in [9.17, 15) is 21.6 Å². The van der Waals surface area contributed by atoms with Crippen LogP contribution < -0.4 is 9.44 Å². The SMILES string of the molecule is CNS(=O)(=O)Nc1ccc(-c2ccc(C(F)(F)F)cc2)cc1. The highest BCUT2D eigenvalue weighted by Gasteiger charge is 2.29. The molecule has 0 heterocycles. The Hall–Kier alpha value is -2.06. The highest BCUT2D eigenvalue weighted by molar-refractivity contribution is 7.90. The molecule has 0 radical (unpaired) electrons. The van der Waals surface area contributed by atoms with E-state index in [1.165, 1.54) is 31.3 Å². The molecule has 0 atom stereocenters. The van der Waals surface area contributed by atoms with Crippen molar-refractivity contribution in [1.29, 1.82) is 0 Å². The lowest BCUT2D eigenvalue weighted by Crippen LogP contribution is -2.26. The fourth-order valence-electron chi connectivity index (χ4n) is 1.79. The van der Waals surface area contributed by atoms with Gasteiger partial charge in [-0.25, -0.2) is 4.72 Å². The maximum atomic E-state index is 12.5. The van der Waals surface area contributed by atoms with Crippen molar-refractivity contribution in [3.63, 3.8) is 0 Å². The number of halogens is 3. The van der Waals surface area contributed by atoms with E-state index in [4.69, 9.17) is 0 Å². The molecular formula is C14H13F3N2O2S. The van der Waals surface area contributed by atoms with Crippen molar-refractivity contribution in [2.24, 2.45) is 0 Å². The van der Waals surface area contributed by atoms with Crippen molar-refractivity contribution in [2.75, 3.05) is 11.8 Å². The van der Waals surface area contributed by atoms with Gasteiger partial charge in [0.2, 0.25) is 0 Å². The normalized spacial score (nSPS) is 12.2. The molecule has 0 aliphatic rings. The minimum absolute atomic E-state index is 0.352. The van der Waals surface area contributed by atoms with Gasteiger partial charge in [0, 0.05) is 12.7 Å². The van der Waals surface area contributed by atoms with Gasteiger partial charge in [0.1, 0.15) is 0 Å². The van der Waals surface area contributed by atoms with Crippen LogP contribution in [0.1, 0.15) is 5.56 Å². The lowest BCUT2D eigenvalue weighted by atomic mass is 10.0. The second kappa shape index (κ2) is 5.98. The molecule has 0 saturated heterocycles. The van der Waals surface area contributed by atoms with Crippen molar-refractivity contribution < 1.29 is 21.6 Å². The number of hydrogen-bond donors (Lipinski definition) is 2.